The standard InChI is InChI=1S/C16H19N3O2/c1-2-19(14-4-3-5-15(20)10-14)11-12-6-8-13(9-7-12)16(21)18-17/h3-10,20H,2,11,17H2,1H3,(H,18,21). The number of carbonyl (C=O) groups is 1. The van der Waals surface area contributed by atoms with Gasteiger partial charge in [0.2, 0.25) is 0 Å². The number of nitrogen functional groups attached to an aromatic ring is 1. The van der Waals surface area contributed by atoms with Crippen LogP contribution in [0.4, 0.5) is 5.69 Å². The first kappa shape index (κ1) is 14.9. The maximum atomic E-state index is 11.4. The molecule has 5 nitrogen and oxygen atoms in total. The number of anilines is 1. The van der Waals surface area contributed by atoms with Gasteiger partial charge in [0.25, 0.3) is 5.91 Å². The molecule has 0 atom stereocenters. The van der Waals surface area contributed by atoms with E-state index in [9.17, 15) is 9.90 Å². The average Bonchev–Trinajstić information content (AvgIpc) is 2.52. The summed E-state index contributed by atoms with van der Waals surface area (Å²) in [6.07, 6.45) is 0. The third-order valence-corrected chi connectivity index (χ3v) is 3.30. The predicted octanol–water partition coefficient (Wildman–Crippen LogP) is 2.02. The topological polar surface area (TPSA) is 78.6 Å². The monoisotopic (exact) mass is 285 g/mol. The quantitative estimate of drug-likeness (QED) is 0.446. The molecule has 0 bridgehead atoms. The van der Waals surface area contributed by atoms with E-state index >= 15 is 0 Å². The first-order chi connectivity index (χ1) is 10.1. The van der Waals surface area contributed by atoms with E-state index in [2.05, 4.69) is 17.2 Å². The lowest BCUT2D eigenvalue weighted by molar-refractivity contribution is 0.0953. The van der Waals surface area contributed by atoms with Crippen LogP contribution in [0.15, 0.2) is 48.5 Å². The summed E-state index contributed by atoms with van der Waals surface area (Å²) in [4.78, 5) is 13.5. The number of phenolic OH excluding ortho intramolecular Hbond substituents is 1. The lowest BCUT2D eigenvalue weighted by Gasteiger charge is -2.23. The minimum Gasteiger partial charge on any atom is -0.508 e. The van der Waals surface area contributed by atoms with Crippen LogP contribution in [0.2, 0.25) is 0 Å². The molecule has 110 valence electrons. The summed E-state index contributed by atoms with van der Waals surface area (Å²) in [6.45, 7) is 3.57. The van der Waals surface area contributed by atoms with Gasteiger partial charge >= 0.3 is 0 Å². The first-order valence-corrected chi connectivity index (χ1v) is 6.78. The molecule has 0 aliphatic rings. The molecule has 0 unspecified atom stereocenters. The van der Waals surface area contributed by atoms with E-state index in [0.717, 1.165) is 17.8 Å². The second-order valence-corrected chi connectivity index (χ2v) is 4.70. The van der Waals surface area contributed by atoms with Gasteiger partial charge in [0.1, 0.15) is 5.75 Å². The van der Waals surface area contributed by atoms with Crippen molar-refractivity contribution >= 4 is 11.6 Å². The molecule has 5 heteroatoms. The number of carbonyl (C=O) groups excluding carboxylic acids is 1. The summed E-state index contributed by atoms with van der Waals surface area (Å²) in [5.74, 6) is 5.05. The molecule has 1 amide bonds. The van der Waals surface area contributed by atoms with Gasteiger partial charge in [-0.25, -0.2) is 5.84 Å². The number of benzene rings is 2. The lowest BCUT2D eigenvalue weighted by atomic mass is 10.1. The molecule has 0 aromatic heterocycles. The Kier molecular flexibility index (Phi) is 4.79. The van der Waals surface area contributed by atoms with Crippen LogP contribution in [0.3, 0.4) is 0 Å². The molecule has 2 aromatic carbocycles. The molecule has 4 N–H and O–H groups in total. The second kappa shape index (κ2) is 6.76. The van der Waals surface area contributed by atoms with Crippen LogP contribution in [0.5, 0.6) is 5.75 Å². The Bertz CT molecular complexity index is 611. The fourth-order valence-electron chi connectivity index (χ4n) is 2.14. The third kappa shape index (κ3) is 3.73. The zero-order chi connectivity index (χ0) is 15.2. The highest BCUT2D eigenvalue weighted by molar-refractivity contribution is 5.93. The number of hydrogen-bond donors (Lipinski definition) is 3. The van der Waals surface area contributed by atoms with Gasteiger partial charge in [-0.05, 0) is 36.8 Å². The maximum absolute atomic E-state index is 11.4. The van der Waals surface area contributed by atoms with E-state index < -0.39 is 0 Å². The average molecular weight is 285 g/mol. The second-order valence-electron chi connectivity index (χ2n) is 4.70. The normalized spacial score (nSPS) is 10.2. The summed E-state index contributed by atoms with van der Waals surface area (Å²) < 4.78 is 0. The van der Waals surface area contributed by atoms with Crippen molar-refractivity contribution < 1.29 is 9.90 Å². The zero-order valence-corrected chi connectivity index (χ0v) is 11.9. The Balaban J connectivity index is 2.13. The van der Waals surface area contributed by atoms with Crippen molar-refractivity contribution in [1.29, 1.82) is 0 Å². The highest BCUT2D eigenvalue weighted by atomic mass is 16.3. The highest BCUT2D eigenvalue weighted by Gasteiger charge is 2.07. The number of hydrogen-bond acceptors (Lipinski definition) is 4. The Hall–Kier alpha value is -2.53. The van der Waals surface area contributed by atoms with Crippen LogP contribution in [-0.4, -0.2) is 17.6 Å². The molecule has 2 aromatic rings. The number of hydrazine groups is 1. The van der Waals surface area contributed by atoms with Crippen LogP contribution >= 0.6 is 0 Å². The molecule has 0 radical (unpaired) electrons. The number of amides is 1. The molecule has 21 heavy (non-hydrogen) atoms. The van der Waals surface area contributed by atoms with Gasteiger partial charge in [0.05, 0.1) is 0 Å². The molecule has 0 spiro atoms. The number of phenols is 1. The molecule has 2 rings (SSSR count). The number of nitrogens with zero attached hydrogens (tertiary/aromatic N) is 1. The first-order valence-electron chi connectivity index (χ1n) is 6.78. The zero-order valence-electron chi connectivity index (χ0n) is 11.9. The van der Waals surface area contributed by atoms with Gasteiger partial charge in [-0.3, -0.25) is 10.2 Å². The summed E-state index contributed by atoms with van der Waals surface area (Å²) >= 11 is 0. The van der Waals surface area contributed by atoms with E-state index in [-0.39, 0.29) is 11.7 Å². The lowest BCUT2D eigenvalue weighted by Crippen LogP contribution is -2.30. The Morgan fingerprint density at radius 3 is 2.52 bits per heavy atom. The minimum atomic E-state index is -0.304. The van der Waals surface area contributed by atoms with Crippen molar-refractivity contribution in [2.75, 3.05) is 11.4 Å². The van der Waals surface area contributed by atoms with Gasteiger partial charge < -0.3 is 10.0 Å². The van der Waals surface area contributed by atoms with Crippen molar-refractivity contribution in [2.24, 2.45) is 5.84 Å². The van der Waals surface area contributed by atoms with Gasteiger partial charge in [-0.2, -0.15) is 0 Å². The molecule has 0 saturated heterocycles. The maximum Gasteiger partial charge on any atom is 0.265 e. The summed E-state index contributed by atoms with van der Waals surface area (Å²) in [7, 11) is 0. The van der Waals surface area contributed by atoms with Gasteiger partial charge in [-0.1, -0.05) is 18.2 Å². The Labute approximate surface area is 124 Å². The number of rotatable bonds is 5. The van der Waals surface area contributed by atoms with Crippen LogP contribution in [0.25, 0.3) is 0 Å². The van der Waals surface area contributed by atoms with E-state index in [0.29, 0.717) is 12.1 Å². The van der Waals surface area contributed by atoms with E-state index in [1.807, 2.05) is 24.3 Å². The molecular weight excluding hydrogens is 266 g/mol. The summed E-state index contributed by atoms with van der Waals surface area (Å²) in [6, 6.07) is 14.5. The predicted molar refractivity (Wildman–Crippen MR) is 82.9 cm³/mol. The van der Waals surface area contributed by atoms with E-state index in [1.54, 1.807) is 24.3 Å². The fraction of sp³-hybridized carbons (Fsp3) is 0.188. The Morgan fingerprint density at radius 2 is 1.95 bits per heavy atom. The Morgan fingerprint density at radius 1 is 1.24 bits per heavy atom. The summed E-state index contributed by atoms with van der Waals surface area (Å²) in [5.41, 5.74) is 4.67. The van der Waals surface area contributed by atoms with Crippen molar-refractivity contribution in [1.82, 2.24) is 5.43 Å². The van der Waals surface area contributed by atoms with Gasteiger partial charge in [-0.15, -0.1) is 0 Å². The number of aromatic hydroxyl groups is 1. The molecule has 0 aliphatic carbocycles. The van der Waals surface area contributed by atoms with Crippen LogP contribution in [-0.2, 0) is 6.54 Å². The van der Waals surface area contributed by atoms with Crippen LogP contribution in [0, 0.1) is 0 Å². The molecule has 0 heterocycles. The van der Waals surface area contributed by atoms with Crippen molar-refractivity contribution in [3.05, 3.63) is 59.7 Å². The molecule has 0 aliphatic heterocycles. The fourth-order valence-corrected chi connectivity index (χ4v) is 2.14. The van der Waals surface area contributed by atoms with Gasteiger partial charge in [0, 0.05) is 30.4 Å². The molecular formula is C16H19N3O2. The summed E-state index contributed by atoms with van der Waals surface area (Å²) in [5, 5.41) is 9.57. The molecule has 0 fully saturated rings. The van der Waals surface area contributed by atoms with Gasteiger partial charge in [0.15, 0.2) is 0 Å². The number of nitrogens with one attached hydrogen (secondary N) is 1. The van der Waals surface area contributed by atoms with Crippen LogP contribution < -0.4 is 16.2 Å². The largest absolute Gasteiger partial charge is 0.508 e. The SMILES string of the molecule is CCN(Cc1ccc(C(=O)NN)cc1)c1cccc(O)c1. The van der Waals surface area contributed by atoms with E-state index in [1.165, 1.54) is 0 Å². The third-order valence-electron chi connectivity index (χ3n) is 3.30. The minimum absolute atomic E-state index is 0.251. The smallest absolute Gasteiger partial charge is 0.265 e. The van der Waals surface area contributed by atoms with Crippen molar-refractivity contribution in [3.8, 4) is 5.75 Å². The van der Waals surface area contributed by atoms with Crippen LogP contribution in [0.1, 0.15) is 22.8 Å². The number of nitrogens with two attached hydrogens (primary N) is 1. The van der Waals surface area contributed by atoms with E-state index in [4.69, 9.17) is 5.84 Å². The molecule has 0 saturated carbocycles. The van der Waals surface area contributed by atoms with Crippen molar-refractivity contribution in [3.63, 3.8) is 0 Å². The van der Waals surface area contributed by atoms with Crippen molar-refractivity contribution in [2.45, 2.75) is 13.5 Å². The highest BCUT2D eigenvalue weighted by Crippen LogP contribution is 2.21.